The minimum atomic E-state index is -0.426. The van der Waals surface area contributed by atoms with Gasteiger partial charge < -0.3 is 14.6 Å². The molecular formula is C22H21N3O5. The maximum Gasteiger partial charge on any atom is 0.329 e. The number of aromatic amines is 1. The van der Waals surface area contributed by atoms with Crippen molar-refractivity contribution in [2.75, 3.05) is 13.1 Å². The van der Waals surface area contributed by atoms with Crippen LogP contribution in [0, 0.1) is 0 Å². The molecule has 0 bridgehead atoms. The van der Waals surface area contributed by atoms with E-state index >= 15 is 0 Å². The zero-order valence-corrected chi connectivity index (χ0v) is 16.5. The Hall–Kier alpha value is -3.68. The van der Waals surface area contributed by atoms with Gasteiger partial charge >= 0.3 is 11.7 Å². The van der Waals surface area contributed by atoms with Gasteiger partial charge in [-0.2, -0.15) is 0 Å². The Morgan fingerprint density at radius 2 is 1.67 bits per heavy atom. The summed E-state index contributed by atoms with van der Waals surface area (Å²) in [4.78, 5) is 53.5. The molecule has 154 valence electrons. The van der Waals surface area contributed by atoms with Crippen molar-refractivity contribution in [1.82, 2.24) is 14.5 Å². The van der Waals surface area contributed by atoms with Crippen LogP contribution in [0.2, 0.25) is 0 Å². The molecule has 2 heterocycles. The van der Waals surface area contributed by atoms with Gasteiger partial charge in [-0.05, 0) is 49.2 Å². The largest absolute Gasteiger partial charge is 0.427 e. The van der Waals surface area contributed by atoms with Crippen LogP contribution in [-0.2, 0) is 4.79 Å². The first-order chi connectivity index (χ1) is 14.4. The monoisotopic (exact) mass is 407 g/mol. The van der Waals surface area contributed by atoms with E-state index in [4.69, 9.17) is 4.74 Å². The summed E-state index contributed by atoms with van der Waals surface area (Å²) in [6, 6.07) is 13.1. The molecule has 3 aromatic rings. The van der Waals surface area contributed by atoms with Crippen LogP contribution < -0.4 is 16.0 Å². The lowest BCUT2D eigenvalue weighted by atomic mass is 10.0. The number of aromatic nitrogens is 2. The van der Waals surface area contributed by atoms with Crippen LogP contribution in [0.25, 0.3) is 10.9 Å². The molecule has 0 atom stereocenters. The maximum atomic E-state index is 12.8. The molecule has 0 unspecified atom stereocenters. The number of nitrogens with zero attached hydrogens (tertiary/aromatic N) is 2. The number of carbonyl (C=O) groups excluding carboxylic acids is 2. The number of nitrogens with one attached hydrogen (secondary N) is 1. The molecule has 8 heteroatoms. The van der Waals surface area contributed by atoms with Crippen LogP contribution in [0.5, 0.6) is 5.75 Å². The molecular weight excluding hydrogens is 386 g/mol. The van der Waals surface area contributed by atoms with Crippen LogP contribution in [0.1, 0.15) is 36.2 Å². The fourth-order valence-corrected chi connectivity index (χ4v) is 3.85. The number of hydrogen-bond acceptors (Lipinski definition) is 5. The van der Waals surface area contributed by atoms with Gasteiger partial charge in [0, 0.05) is 31.6 Å². The molecule has 1 aliphatic rings. The summed E-state index contributed by atoms with van der Waals surface area (Å²) in [5.41, 5.74) is 0.281. The fourth-order valence-electron chi connectivity index (χ4n) is 3.85. The third-order valence-corrected chi connectivity index (χ3v) is 5.32. The summed E-state index contributed by atoms with van der Waals surface area (Å²) in [5, 5.41) is 0.475. The van der Waals surface area contributed by atoms with Crippen molar-refractivity contribution in [3.63, 3.8) is 0 Å². The van der Waals surface area contributed by atoms with Gasteiger partial charge in [0.25, 0.3) is 11.5 Å². The number of rotatable bonds is 3. The summed E-state index contributed by atoms with van der Waals surface area (Å²) >= 11 is 0. The van der Waals surface area contributed by atoms with E-state index in [-0.39, 0.29) is 17.5 Å². The van der Waals surface area contributed by atoms with Crippen LogP contribution in [0.15, 0.2) is 58.1 Å². The van der Waals surface area contributed by atoms with E-state index in [2.05, 4.69) is 4.98 Å². The molecule has 1 aromatic heterocycles. The Morgan fingerprint density at radius 1 is 1.00 bits per heavy atom. The number of amides is 1. The van der Waals surface area contributed by atoms with Gasteiger partial charge in [-0.3, -0.25) is 19.0 Å². The second-order valence-electron chi connectivity index (χ2n) is 7.29. The lowest BCUT2D eigenvalue weighted by Crippen LogP contribution is -2.45. The maximum absolute atomic E-state index is 12.8. The van der Waals surface area contributed by atoms with Crippen molar-refractivity contribution < 1.29 is 14.3 Å². The molecule has 0 aliphatic carbocycles. The average molecular weight is 407 g/mol. The van der Waals surface area contributed by atoms with E-state index in [0.717, 1.165) is 0 Å². The number of benzene rings is 2. The van der Waals surface area contributed by atoms with Crippen molar-refractivity contribution in [3.05, 3.63) is 74.9 Å². The van der Waals surface area contributed by atoms with Gasteiger partial charge in [-0.1, -0.05) is 12.1 Å². The van der Waals surface area contributed by atoms with Crippen molar-refractivity contribution in [3.8, 4) is 5.75 Å². The minimum absolute atomic E-state index is 0.136. The summed E-state index contributed by atoms with van der Waals surface area (Å²) in [6.07, 6.45) is 1.02. The number of likely N-dealkylation sites (tertiary alicyclic amines) is 1. The zero-order chi connectivity index (χ0) is 21.3. The number of H-pyrrole nitrogens is 1. The molecule has 0 saturated carbocycles. The van der Waals surface area contributed by atoms with Gasteiger partial charge in [0.2, 0.25) is 0 Å². The first-order valence-electron chi connectivity index (χ1n) is 9.75. The predicted molar refractivity (Wildman–Crippen MR) is 111 cm³/mol. The number of para-hydroxylation sites is 1. The Labute approximate surface area is 171 Å². The fraction of sp³-hybridized carbons (Fsp3) is 0.273. The van der Waals surface area contributed by atoms with Crippen molar-refractivity contribution in [2.45, 2.75) is 25.8 Å². The third-order valence-electron chi connectivity index (χ3n) is 5.32. The second kappa shape index (κ2) is 7.98. The van der Waals surface area contributed by atoms with Gasteiger partial charge in [0.05, 0.1) is 10.9 Å². The quantitative estimate of drug-likeness (QED) is 0.529. The Bertz CT molecular complexity index is 1220. The highest BCUT2D eigenvalue weighted by atomic mass is 16.5. The number of ether oxygens (including phenoxy) is 1. The predicted octanol–water partition coefficient (Wildman–Crippen LogP) is 2.09. The van der Waals surface area contributed by atoms with Crippen molar-refractivity contribution >= 4 is 22.8 Å². The molecule has 2 aromatic carbocycles. The zero-order valence-electron chi connectivity index (χ0n) is 16.5. The molecule has 0 spiro atoms. The Kier molecular flexibility index (Phi) is 5.22. The summed E-state index contributed by atoms with van der Waals surface area (Å²) < 4.78 is 6.26. The van der Waals surface area contributed by atoms with Gasteiger partial charge in [0.15, 0.2) is 0 Å². The lowest BCUT2D eigenvalue weighted by Gasteiger charge is -2.32. The number of fused-ring (bicyclic) bond motifs is 1. The molecule has 1 aliphatic heterocycles. The van der Waals surface area contributed by atoms with E-state index in [9.17, 15) is 19.2 Å². The molecule has 1 fully saturated rings. The minimum Gasteiger partial charge on any atom is -0.427 e. The highest BCUT2D eigenvalue weighted by Gasteiger charge is 2.26. The average Bonchev–Trinajstić information content (AvgIpc) is 2.74. The van der Waals surface area contributed by atoms with Crippen LogP contribution >= 0.6 is 0 Å². The summed E-state index contributed by atoms with van der Waals surface area (Å²) in [7, 11) is 0. The number of carbonyl (C=O) groups is 2. The second-order valence-corrected chi connectivity index (χ2v) is 7.29. The number of esters is 1. The first kappa shape index (κ1) is 19.6. The normalized spacial score (nSPS) is 14.6. The summed E-state index contributed by atoms with van der Waals surface area (Å²) in [6.45, 7) is 2.19. The van der Waals surface area contributed by atoms with Crippen LogP contribution in [-0.4, -0.2) is 39.4 Å². The van der Waals surface area contributed by atoms with Crippen molar-refractivity contribution in [1.29, 1.82) is 0 Å². The molecule has 4 rings (SSSR count). The molecule has 1 N–H and O–H groups in total. The Morgan fingerprint density at radius 3 is 2.33 bits per heavy atom. The molecule has 1 saturated heterocycles. The molecule has 8 nitrogen and oxygen atoms in total. The topological polar surface area (TPSA) is 101 Å². The van der Waals surface area contributed by atoms with E-state index in [0.29, 0.717) is 48.1 Å². The highest BCUT2D eigenvalue weighted by Crippen LogP contribution is 2.22. The van der Waals surface area contributed by atoms with Gasteiger partial charge in [-0.15, -0.1) is 0 Å². The van der Waals surface area contributed by atoms with E-state index in [1.54, 1.807) is 53.4 Å². The molecule has 30 heavy (non-hydrogen) atoms. The number of hydrogen-bond donors (Lipinski definition) is 1. The van der Waals surface area contributed by atoms with Gasteiger partial charge in [-0.25, -0.2) is 4.79 Å². The van der Waals surface area contributed by atoms with Crippen LogP contribution in [0.4, 0.5) is 0 Å². The SMILES string of the molecule is CC(=O)Oc1ccc(C(=O)N2CCC(n3c(=O)[nH]c4ccccc4c3=O)CC2)cc1. The Balaban J connectivity index is 1.48. The molecule has 1 amide bonds. The lowest BCUT2D eigenvalue weighted by molar-refractivity contribution is -0.131. The van der Waals surface area contributed by atoms with E-state index in [1.807, 2.05) is 0 Å². The van der Waals surface area contributed by atoms with E-state index < -0.39 is 11.7 Å². The smallest absolute Gasteiger partial charge is 0.329 e. The highest BCUT2D eigenvalue weighted by molar-refractivity contribution is 5.94. The first-order valence-corrected chi connectivity index (χ1v) is 9.75. The third kappa shape index (κ3) is 3.76. The van der Waals surface area contributed by atoms with E-state index in [1.165, 1.54) is 11.5 Å². The molecule has 0 radical (unpaired) electrons. The standard InChI is InChI=1S/C22H21N3O5/c1-14(26)30-17-8-6-15(7-9-17)20(27)24-12-10-16(11-13-24)25-21(28)18-4-2-3-5-19(18)23-22(25)29/h2-9,16H,10-13H2,1H3,(H,23,29). The van der Waals surface area contributed by atoms with Gasteiger partial charge in [0.1, 0.15) is 5.75 Å². The number of piperidine rings is 1. The van der Waals surface area contributed by atoms with Crippen molar-refractivity contribution in [2.24, 2.45) is 0 Å². The van der Waals surface area contributed by atoms with Crippen LogP contribution in [0.3, 0.4) is 0 Å². The summed E-state index contributed by atoms with van der Waals surface area (Å²) in [5.74, 6) is -0.176.